The van der Waals surface area contributed by atoms with E-state index in [4.69, 9.17) is 4.74 Å². The van der Waals surface area contributed by atoms with Gasteiger partial charge in [0.25, 0.3) is 0 Å². The molecular weight excluding hydrogens is 422 g/mol. The van der Waals surface area contributed by atoms with Gasteiger partial charge < -0.3 is 14.3 Å². The monoisotopic (exact) mass is 460 g/mol. The number of hydrogen-bond acceptors (Lipinski definition) is 3. The highest BCUT2D eigenvalue weighted by molar-refractivity contribution is 5.47. The average molecular weight is 461 g/mol. The maximum atomic E-state index is 12.0. The van der Waals surface area contributed by atoms with Gasteiger partial charge >= 0.3 is 0 Å². The molecule has 1 atom stereocenters. The molecule has 1 heterocycles. The van der Waals surface area contributed by atoms with Crippen molar-refractivity contribution >= 4 is 0 Å². The van der Waals surface area contributed by atoms with E-state index in [1.807, 2.05) is 61.5 Å². The van der Waals surface area contributed by atoms with Crippen LogP contribution in [0.4, 0.5) is 0 Å². The minimum Gasteiger partial charge on any atom is -0.493 e. The largest absolute Gasteiger partial charge is 0.493 e. The zero-order chi connectivity index (χ0) is 25.0. The lowest BCUT2D eigenvalue weighted by Crippen LogP contribution is -2.40. The molecule has 2 N–H and O–H groups in total. The van der Waals surface area contributed by atoms with Crippen molar-refractivity contribution in [3.8, 4) is 0 Å². The number of hydrogen-bond donors (Lipinski definition) is 2. The predicted octanol–water partition coefficient (Wildman–Crippen LogP) is 5.57. The van der Waals surface area contributed by atoms with Crippen molar-refractivity contribution in [2.24, 2.45) is 0 Å². The van der Waals surface area contributed by atoms with Crippen molar-refractivity contribution in [3.05, 3.63) is 127 Å². The average Bonchev–Trinajstić information content (AvgIpc) is 3.29. The first-order valence-electron chi connectivity index (χ1n) is 11.5. The number of rotatable bonds is 14. The molecule has 0 aliphatic rings. The van der Waals surface area contributed by atoms with E-state index >= 15 is 0 Å². The second-order valence-electron chi connectivity index (χ2n) is 8.74. The molecule has 2 rings (SSSR count). The number of allylic oxidation sites excluding steroid dienone is 6. The molecule has 5 heteroatoms. The zero-order valence-corrected chi connectivity index (χ0v) is 20.7. The Hall–Kier alpha value is -3.41. The SMILES string of the molecule is C=C/C=C(\C=C)OCCC[N+](C)(C)Cc1cc(C(O)(C(/C=C\C)=C/C=C)c2ccccc2)n[nH]1. The van der Waals surface area contributed by atoms with Gasteiger partial charge in [0.1, 0.15) is 18.0 Å². The van der Waals surface area contributed by atoms with Gasteiger partial charge in [0.05, 0.1) is 32.9 Å². The normalized spacial score (nSPS) is 14.6. The molecule has 180 valence electrons. The van der Waals surface area contributed by atoms with Crippen molar-refractivity contribution in [2.75, 3.05) is 27.2 Å². The highest BCUT2D eigenvalue weighted by Gasteiger charge is 2.37. The van der Waals surface area contributed by atoms with Crippen LogP contribution in [0.5, 0.6) is 0 Å². The molecular formula is C29H38N3O2+. The van der Waals surface area contributed by atoms with E-state index in [1.165, 1.54) is 0 Å². The number of H-pyrrole nitrogens is 1. The Morgan fingerprint density at radius 2 is 1.85 bits per heavy atom. The summed E-state index contributed by atoms with van der Waals surface area (Å²) in [5.41, 5.74) is 1.54. The van der Waals surface area contributed by atoms with Gasteiger partial charge in [0.15, 0.2) is 5.60 Å². The van der Waals surface area contributed by atoms with E-state index in [-0.39, 0.29) is 0 Å². The van der Waals surface area contributed by atoms with E-state index in [2.05, 4.69) is 44.0 Å². The number of aliphatic hydroxyl groups is 1. The van der Waals surface area contributed by atoms with Crippen LogP contribution in [0.1, 0.15) is 30.3 Å². The summed E-state index contributed by atoms with van der Waals surface area (Å²) < 4.78 is 6.48. The number of aromatic amines is 1. The van der Waals surface area contributed by atoms with Crippen LogP contribution >= 0.6 is 0 Å². The van der Waals surface area contributed by atoms with Gasteiger partial charge in [0.2, 0.25) is 0 Å². The second kappa shape index (κ2) is 12.7. The van der Waals surface area contributed by atoms with Crippen LogP contribution in [-0.2, 0) is 16.9 Å². The third kappa shape index (κ3) is 7.04. The lowest BCUT2D eigenvalue weighted by Gasteiger charge is -2.29. The number of aromatic nitrogens is 2. The van der Waals surface area contributed by atoms with Crippen molar-refractivity contribution in [3.63, 3.8) is 0 Å². The van der Waals surface area contributed by atoms with Crippen molar-refractivity contribution in [2.45, 2.75) is 25.5 Å². The van der Waals surface area contributed by atoms with E-state index in [0.717, 1.165) is 41.0 Å². The van der Waals surface area contributed by atoms with Crippen LogP contribution < -0.4 is 0 Å². The smallest absolute Gasteiger partial charge is 0.159 e. The summed E-state index contributed by atoms with van der Waals surface area (Å²) in [7, 11) is 4.33. The molecule has 5 nitrogen and oxygen atoms in total. The number of benzene rings is 1. The molecule has 34 heavy (non-hydrogen) atoms. The first-order valence-corrected chi connectivity index (χ1v) is 11.5. The summed E-state index contributed by atoms with van der Waals surface area (Å²) in [5, 5.41) is 19.7. The standard InChI is InChI=1S/C29H38N3O2/c1-7-15-24(16-8-2)29(33,25-18-12-11-13-19-25)28-22-26(30-31-28)23-32(5,6)20-14-21-34-27(10-4)17-9-3/h7-13,15-19,22,33H,1,3-4,14,20-21,23H2,2,5-6H3,(H,30,31)/q+1/b16-8-,24-15+,27-17+. The maximum absolute atomic E-state index is 12.0. The molecule has 0 spiro atoms. The molecule has 1 aromatic carbocycles. The number of quaternary nitrogens is 1. The minimum absolute atomic E-state index is 0.549. The highest BCUT2D eigenvalue weighted by Crippen LogP contribution is 2.37. The van der Waals surface area contributed by atoms with Gasteiger partial charge in [-0.25, -0.2) is 0 Å². The Kier molecular flexibility index (Phi) is 10.0. The van der Waals surface area contributed by atoms with E-state index < -0.39 is 5.60 Å². The van der Waals surface area contributed by atoms with Crippen LogP contribution in [0.25, 0.3) is 0 Å². The van der Waals surface area contributed by atoms with Crippen LogP contribution in [0, 0.1) is 0 Å². The van der Waals surface area contributed by atoms with Gasteiger partial charge in [-0.05, 0) is 36.3 Å². The third-order valence-corrected chi connectivity index (χ3v) is 5.51. The molecule has 0 saturated heterocycles. The molecule has 0 saturated carbocycles. The van der Waals surface area contributed by atoms with Crippen LogP contribution in [-0.4, -0.2) is 47.0 Å². The van der Waals surface area contributed by atoms with Crippen molar-refractivity contribution in [1.82, 2.24) is 10.2 Å². The van der Waals surface area contributed by atoms with Crippen LogP contribution in [0.15, 0.2) is 110 Å². The first kappa shape index (κ1) is 26.8. The van der Waals surface area contributed by atoms with E-state index in [1.54, 1.807) is 24.3 Å². The predicted molar refractivity (Wildman–Crippen MR) is 141 cm³/mol. The third-order valence-electron chi connectivity index (χ3n) is 5.51. The Labute approximate surface area is 204 Å². The van der Waals surface area contributed by atoms with Gasteiger partial charge in [-0.2, -0.15) is 5.10 Å². The topological polar surface area (TPSA) is 58.1 Å². The van der Waals surface area contributed by atoms with Crippen LogP contribution in [0.3, 0.4) is 0 Å². The number of nitrogens with zero attached hydrogens (tertiary/aromatic N) is 2. The van der Waals surface area contributed by atoms with Crippen molar-refractivity contribution < 1.29 is 14.3 Å². The van der Waals surface area contributed by atoms with E-state index in [0.29, 0.717) is 17.9 Å². The number of ether oxygens (including phenoxy) is 1. The minimum atomic E-state index is -1.40. The Bertz CT molecular complexity index is 1040. The van der Waals surface area contributed by atoms with Gasteiger partial charge in [-0.3, -0.25) is 5.10 Å². The second-order valence-corrected chi connectivity index (χ2v) is 8.74. The highest BCUT2D eigenvalue weighted by atomic mass is 16.5. The van der Waals surface area contributed by atoms with Gasteiger partial charge in [-0.1, -0.05) is 80.4 Å². The Morgan fingerprint density at radius 3 is 2.47 bits per heavy atom. The quantitative estimate of drug-likeness (QED) is 0.168. The fraction of sp³-hybridized carbons (Fsp3) is 0.276. The summed E-state index contributed by atoms with van der Waals surface area (Å²) in [6, 6.07) is 11.5. The molecule has 0 amide bonds. The zero-order valence-electron chi connectivity index (χ0n) is 20.7. The maximum Gasteiger partial charge on any atom is 0.159 e. The molecule has 2 aromatic rings. The van der Waals surface area contributed by atoms with Gasteiger partial charge in [0, 0.05) is 6.42 Å². The summed E-state index contributed by atoms with van der Waals surface area (Å²) in [6.07, 6.45) is 13.4. The van der Waals surface area contributed by atoms with Crippen LogP contribution in [0.2, 0.25) is 0 Å². The molecule has 1 unspecified atom stereocenters. The Balaban J connectivity index is 2.22. The molecule has 0 radical (unpaired) electrons. The fourth-order valence-electron chi connectivity index (χ4n) is 3.89. The molecule has 1 aromatic heterocycles. The van der Waals surface area contributed by atoms with Crippen molar-refractivity contribution in [1.29, 1.82) is 0 Å². The summed E-state index contributed by atoms with van der Waals surface area (Å²) in [6.45, 7) is 15.4. The first-order chi connectivity index (χ1) is 16.3. The molecule has 0 aliphatic heterocycles. The summed E-state index contributed by atoms with van der Waals surface area (Å²) in [5.74, 6) is 0.725. The Morgan fingerprint density at radius 1 is 1.15 bits per heavy atom. The molecule has 0 aliphatic carbocycles. The lowest BCUT2D eigenvalue weighted by atomic mass is 9.82. The fourth-order valence-corrected chi connectivity index (χ4v) is 3.89. The molecule has 0 fully saturated rings. The lowest BCUT2D eigenvalue weighted by molar-refractivity contribution is -0.904. The molecule has 0 bridgehead atoms. The number of nitrogens with one attached hydrogen (secondary N) is 1. The van der Waals surface area contributed by atoms with E-state index in [9.17, 15) is 5.11 Å². The van der Waals surface area contributed by atoms with Gasteiger partial charge in [-0.15, -0.1) is 0 Å². The summed E-state index contributed by atoms with van der Waals surface area (Å²) >= 11 is 0. The summed E-state index contributed by atoms with van der Waals surface area (Å²) in [4.78, 5) is 0.